The highest BCUT2D eigenvalue weighted by atomic mass is 16.5. The van der Waals surface area contributed by atoms with E-state index in [1.165, 1.54) is 0 Å². The maximum atomic E-state index is 5.68. The molecule has 0 aromatic carbocycles. The van der Waals surface area contributed by atoms with Crippen molar-refractivity contribution in [1.82, 2.24) is 14.8 Å². The minimum Gasteiger partial charge on any atom is -0.467 e. The van der Waals surface area contributed by atoms with Crippen LogP contribution in [-0.4, -0.2) is 21.9 Å². The van der Waals surface area contributed by atoms with Crippen LogP contribution in [0.4, 0.5) is 0 Å². The molecule has 0 spiro atoms. The molecule has 0 radical (unpaired) electrons. The zero-order chi connectivity index (χ0) is 9.14. The third kappa shape index (κ3) is 1.40. The minimum atomic E-state index is -0.110. The second-order valence-electron chi connectivity index (χ2n) is 2.58. The molecule has 68 valence electrons. The molecule has 5 heteroatoms. The van der Waals surface area contributed by atoms with Crippen molar-refractivity contribution in [2.24, 2.45) is 5.73 Å². The summed E-state index contributed by atoms with van der Waals surface area (Å²) in [4.78, 5) is 0. The van der Waals surface area contributed by atoms with E-state index in [1.807, 2.05) is 18.4 Å². The summed E-state index contributed by atoms with van der Waals surface area (Å²) >= 11 is 0. The SMILES string of the molecule is CCn1c(OC)nnc1[C@@H](C)N. The van der Waals surface area contributed by atoms with Crippen molar-refractivity contribution in [1.29, 1.82) is 0 Å². The van der Waals surface area contributed by atoms with Crippen molar-refractivity contribution in [3.05, 3.63) is 5.82 Å². The van der Waals surface area contributed by atoms with Gasteiger partial charge in [-0.25, -0.2) is 0 Å². The van der Waals surface area contributed by atoms with Gasteiger partial charge in [-0.15, -0.1) is 5.10 Å². The number of aromatic nitrogens is 3. The molecule has 2 N–H and O–H groups in total. The largest absolute Gasteiger partial charge is 0.467 e. The molecule has 0 bridgehead atoms. The normalized spacial score (nSPS) is 13.0. The summed E-state index contributed by atoms with van der Waals surface area (Å²) in [6, 6.07) is 0.408. The van der Waals surface area contributed by atoms with E-state index in [0.717, 1.165) is 12.4 Å². The first-order valence-electron chi connectivity index (χ1n) is 3.93. The van der Waals surface area contributed by atoms with Gasteiger partial charge in [-0.05, 0) is 13.8 Å². The summed E-state index contributed by atoms with van der Waals surface area (Å²) in [7, 11) is 1.57. The second kappa shape index (κ2) is 3.53. The molecule has 1 atom stereocenters. The van der Waals surface area contributed by atoms with Crippen molar-refractivity contribution < 1.29 is 4.74 Å². The Balaban J connectivity index is 3.05. The molecule has 0 aliphatic heterocycles. The van der Waals surface area contributed by atoms with Gasteiger partial charge in [-0.2, -0.15) is 0 Å². The fourth-order valence-corrected chi connectivity index (χ4v) is 1.09. The minimum absolute atomic E-state index is 0.110. The number of nitrogens with zero attached hydrogens (tertiary/aromatic N) is 3. The highest BCUT2D eigenvalue weighted by Gasteiger charge is 2.13. The zero-order valence-electron chi connectivity index (χ0n) is 7.61. The van der Waals surface area contributed by atoms with Crippen molar-refractivity contribution in [2.75, 3.05) is 7.11 Å². The predicted molar refractivity (Wildman–Crippen MR) is 44.9 cm³/mol. The summed E-state index contributed by atoms with van der Waals surface area (Å²) in [5.41, 5.74) is 5.68. The molecule has 0 unspecified atom stereocenters. The molecule has 1 aromatic rings. The average Bonchev–Trinajstić information content (AvgIpc) is 2.46. The first-order valence-corrected chi connectivity index (χ1v) is 3.93. The smallest absolute Gasteiger partial charge is 0.316 e. The van der Waals surface area contributed by atoms with Gasteiger partial charge in [0, 0.05) is 6.54 Å². The van der Waals surface area contributed by atoms with E-state index >= 15 is 0 Å². The van der Waals surface area contributed by atoms with E-state index in [2.05, 4.69) is 10.2 Å². The lowest BCUT2D eigenvalue weighted by Gasteiger charge is -2.07. The molecule has 5 nitrogen and oxygen atoms in total. The third-order valence-electron chi connectivity index (χ3n) is 1.65. The summed E-state index contributed by atoms with van der Waals surface area (Å²) in [5, 5.41) is 7.76. The van der Waals surface area contributed by atoms with Crippen molar-refractivity contribution in [2.45, 2.75) is 26.4 Å². The average molecular weight is 170 g/mol. The van der Waals surface area contributed by atoms with Gasteiger partial charge in [0.05, 0.1) is 13.2 Å². The number of ether oxygens (including phenoxy) is 1. The van der Waals surface area contributed by atoms with Gasteiger partial charge >= 0.3 is 6.01 Å². The predicted octanol–water partition coefficient (Wildman–Crippen LogP) is 0.326. The van der Waals surface area contributed by atoms with E-state index < -0.39 is 0 Å². The topological polar surface area (TPSA) is 66.0 Å². The van der Waals surface area contributed by atoms with Gasteiger partial charge in [-0.1, -0.05) is 5.10 Å². The molecule has 1 aromatic heterocycles. The third-order valence-corrected chi connectivity index (χ3v) is 1.65. The first-order chi connectivity index (χ1) is 5.70. The molecule has 0 aliphatic carbocycles. The molecular weight excluding hydrogens is 156 g/mol. The monoisotopic (exact) mass is 170 g/mol. The van der Waals surface area contributed by atoms with Crippen LogP contribution in [0.2, 0.25) is 0 Å². The van der Waals surface area contributed by atoms with Crippen LogP contribution in [0.5, 0.6) is 6.01 Å². The quantitative estimate of drug-likeness (QED) is 0.709. The fraction of sp³-hybridized carbons (Fsp3) is 0.714. The standard InChI is InChI=1S/C7H14N4O/c1-4-11-6(5(2)8)9-10-7(11)12-3/h5H,4,8H2,1-3H3/t5-/m1/s1. The maximum Gasteiger partial charge on any atom is 0.316 e. The van der Waals surface area contributed by atoms with Crippen molar-refractivity contribution in [3.8, 4) is 6.01 Å². The Bertz CT molecular complexity index is 256. The molecule has 0 amide bonds. The van der Waals surface area contributed by atoms with E-state index in [4.69, 9.17) is 10.5 Å². The van der Waals surface area contributed by atoms with Gasteiger partial charge in [0.2, 0.25) is 0 Å². The van der Waals surface area contributed by atoms with Gasteiger partial charge in [0.1, 0.15) is 0 Å². The number of nitrogens with two attached hydrogens (primary N) is 1. The summed E-state index contributed by atoms with van der Waals surface area (Å²) in [5.74, 6) is 0.759. The van der Waals surface area contributed by atoms with E-state index in [0.29, 0.717) is 6.01 Å². The molecule has 0 saturated heterocycles. The molecule has 1 heterocycles. The van der Waals surface area contributed by atoms with Gasteiger partial charge < -0.3 is 10.5 Å². The molecule has 0 saturated carbocycles. The highest BCUT2D eigenvalue weighted by Crippen LogP contribution is 2.13. The van der Waals surface area contributed by atoms with Crippen LogP contribution in [-0.2, 0) is 6.54 Å². The van der Waals surface area contributed by atoms with Crippen LogP contribution in [0.3, 0.4) is 0 Å². The lowest BCUT2D eigenvalue weighted by atomic mass is 10.3. The van der Waals surface area contributed by atoms with Crippen LogP contribution >= 0.6 is 0 Å². The lowest BCUT2D eigenvalue weighted by molar-refractivity contribution is 0.355. The van der Waals surface area contributed by atoms with Crippen molar-refractivity contribution in [3.63, 3.8) is 0 Å². The van der Waals surface area contributed by atoms with Gasteiger partial charge in [-0.3, -0.25) is 4.57 Å². The van der Waals surface area contributed by atoms with Crippen molar-refractivity contribution >= 4 is 0 Å². The maximum absolute atomic E-state index is 5.68. The highest BCUT2D eigenvalue weighted by molar-refractivity contribution is 5.03. The number of hydrogen-bond donors (Lipinski definition) is 1. The Morgan fingerprint density at radius 3 is 2.67 bits per heavy atom. The zero-order valence-corrected chi connectivity index (χ0v) is 7.61. The Labute approximate surface area is 71.5 Å². The molecule has 12 heavy (non-hydrogen) atoms. The lowest BCUT2D eigenvalue weighted by Crippen LogP contribution is -2.13. The molecule has 1 rings (SSSR count). The Kier molecular flexibility index (Phi) is 2.65. The summed E-state index contributed by atoms with van der Waals surface area (Å²) < 4.78 is 6.85. The van der Waals surface area contributed by atoms with Crippen LogP contribution < -0.4 is 10.5 Å². The van der Waals surface area contributed by atoms with E-state index in [1.54, 1.807) is 7.11 Å². The number of rotatable bonds is 3. The van der Waals surface area contributed by atoms with Gasteiger partial charge in [0.15, 0.2) is 5.82 Å². The van der Waals surface area contributed by atoms with Crippen LogP contribution in [0.15, 0.2) is 0 Å². The van der Waals surface area contributed by atoms with Gasteiger partial charge in [0.25, 0.3) is 0 Å². The van der Waals surface area contributed by atoms with Crippen LogP contribution in [0, 0.1) is 0 Å². The van der Waals surface area contributed by atoms with E-state index in [9.17, 15) is 0 Å². The van der Waals surface area contributed by atoms with Crippen LogP contribution in [0.1, 0.15) is 25.7 Å². The number of methoxy groups -OCH3 is 1. The first kappa shape index (κ1) is 8.99. The summed E-state index contributed by atoms with van der Waals surface area (Å²) in [6.45, 7) is 4.64. The Morgan fingerprint density at radius 1 is 1.58 bits per heavy atom. The van der Waals surface area contributed by atoms with E-state index in [-0.39, 0.29) is 6.04 Å². The molecule has 0 fully saturated rings. The Hall–Kier alpha value is -1.10. The second-order valence-corrected chi connectivity index (χ2v) is 2.58. The van der Waals surface area contributed by atoms with Crippen LogP contribution in [0.25, 0.3) is 0 Å². The molecule has 0 aliphatic rings. The number of hydrogen-bond acceptors (Lipinski definition) is 4. The fourth-order valence-electron chi connectivity index (χ4n) is 1.09. The molecular formula is C7H14N4O. The summed E-state index contributed by atoms with van der Waals surface area (Å²) in [6.07, 6.45) is 0. The Morgan fingerprint density at radius 2 is 2.25 bits per heavy atom.